The molecule has 82 valence electrons. The van der Waals surface area contributed by atoms with E-state index in [4.69, 9.17) is 11.6 Å². The summed E-state index contributed by atoms with van der Waals surface area (Å²) in [5.41, 5.74) is 9.72. The minimum atomic E-state index is 0.117. The maximum atomic E-state index is 5.85. The van der Waals surface area contributed by atoms with Crippen LogP contribution in [0, 0.1) is 0 Å². The second-order valence-corrected chi connectivity index (χ2v) is 5.02. The van der Waals surface area contributed by atoms with Gasteiger partial charge >= 0.3 is 0 Å². The van der Waals surface area contributed by atoms with Crippen molar-refractivity contribution in [2.75, 3.05) is 11.5 Å². The molecular formula is C10H16N4S. The third kappa shape index (κ3) is 2.25. The van der Waals surface area contributed by atoms with Crippen LogP contribution in [0.1, 0.15) is 24.4 Å². The van der Waals surface area contributed by atoms with E-state index in [2.05, 4.69) is 10.4 Å². The minimum Gasteiger partial charge on any atom is -0.383 e. The van der Waals surface area contributed by atoms with Crippen LogP contribution in [0.25, 0.3) is 0 Å². The summed E-state index contributed by atoms with van der Waals surface area (Å²) in [5.74, 6) is 7.39. The average Bonchev–Trinajstić information content (AvgIpc) is 2.75. The Labute approximate surface area is 93.8 Å². The highest BCUT2D eigenvalue weighted by atomic mass is 32.2. The van der Waals surface area contributed by atoms with Gasteiger partial charge in [-0.15, -0.1) is 0 Å². The van der Waals surface area contributed by atoms with Gasteiger partial charge in [-0.25, -0.2) is 4.98 Å². The lowest BCUT2D eigenvalue weighted by Gasteiger charge is -2.22. The van der Waals surface area contributed by atoms with Crippen molar-refractivity contribution in [3.8, 4) is 0 Å². The van der Waals surface area contributed by atoms with Crippen molar-refractivity contribution in [3.05, 3.63) is 23.9 Å². The van der Waals surface area contributed by atoms with Gasteiger partial charge in [0.05, 0.1) is 6.04 Å². The molecule has 5 heteroatoms. The SMILES string of the molecule is NNC(c1cccnc1N)C1CCCS1. The van der Waals surface area contributed by atoms with Crippen LogP contribution < -0.4 is 17.0 Å². The molecule has 0 radical (unpaired) electrons. The second-order valence-electron chi connectivity index (χ2n) is 3.67. The van der Waals surface area contributed by atoms with Gasteiger partial charge in [0.15, 0.2) is 0 Å². The third-order valence-corrected chi connectivity index (χ3v) is 4.18. The van der Waals surface area contributed by atoms with E-state index >= 15 is 0 Å². The fraction of sp³-hybridized carbons (Fsp3) is 0.500. The van der Waals surface area contributed by atoms with Crippen molar-refractivity contribution < 1.29 is 0 Å². The number of rotatable bonds is 3. The van der Waals surface area contributed by atoms with Crippen LogP contribution in [0.4, 0.5) is 5.82 Å². The predicted molar refractivity (Wildman–Crippen MR) is 64.2 cm³/mol. The van der Waals surface area contributed by atoms with E-state index < -0.39 is 0 Å². The molecule has 1 aliphatic rings. The zero-order valence-electron chi connectivity index (χ0n) is 8.52. The summed E-state index contributed by atoms with van der Waals surface area (Å²) in [6, 6.07) is 4.01. The zero-order valence-corrected chi connectivity index (χ0v) is 9.33. The first-order chi connectivity index (χ1) is 7.33. The molecule has 2 heterocycles. The number of aromatic nitrogens is 1. The highest BCUT2D eigenvalue weighted by Crippen LogP contribution is 2.36. The number of nitrogens with two attached hydrogens (primary N) is 2. The summed E-state index contributed by atoms with van der Waals surface area (Å²) < 4.78 is 0. The number of hydrogen-bond acceptors (Lipinski definition) is 5. The molecule has 2 atom stereocenters. The van der Waals surface area contributed by atoms with E-state index in [-0.39, 0.29) is 6.04 Å². The molecule has 1 saturated heterocycles. The fourth-order valence-corrected chi connectivity index (χ4v) is 3.34. The topological polar surface area (TPSA) is 77.0 Å². The Kier molecular flexibility index (Phi) is 3.45. The lowest BCUT2D eigenvalue weighted by molar-refractivity contribution is 0.520. The number of nitrogens with one attached hydrogen (secondary N) is 1. The Morgan fingerprint density at radius 1 is 1.60 bits per heavy atom. The van der Waals surface area contributed by atoms with E-state index in [1.807, 2.05) is 23.9 Å². The lowest BCUT2D eigenvalue weighted by Crippen LogP contribution is -2.34. The van der Waals surface area contributed by atoms with Gasteiger partial charge in [-0.3, -0.25) is 11.3 Å². The Morgan fingerprint density at radius 2 is 2.47 bits per heavy atom. The standard InChI is InChI=1S/C10H16N4S/c11-10-7(3-1-5-13-10)9(14-12)8-4-2-6-15-8/h1,3,5,8-9,14H,2,4,6,12H2,(H2,11,13). The smallest absolute Gasteiger partial charge is 0.128 e. The van der Waals surface area contributed by atoms with Crippen molar-refractivity contribution in [1.29, 1.82) is 0 Å². The first kappa shape index (κ1) is 10.7. The van der Waals surface area contributed by atoms with E-state index in [0.29, 0.717) is 11.1 Å². The van der Waals surface area contributed by atoms with Crippen LogP contribution in [0.3, 0.4) is 0 Å². The summed E-state index contributed by atoms with van der Waals surface area (Å²) in [5, 5.41) is 0.515. The number of pyridine rings is 1. The molecule has 5 N–H and O–H groups in total. The number of anilines is 1. The van der Waals surface area contributed by atoms with Gasteiger partial charge in [0, 0.05) is 17.0 Å². The van der Waals surface area contributed by atoms with Gasteiger partial charge in [0.25, 0.3) is 0 Å². The van der Waals surface area contributed by atoms with Crippen molar-refractivity contribution in [2.45, 2.75) is 24.1 Å². The van der Waals surface area contributed by atoms with Gasteiger partial charge in [-0.1, -0.05) is 6.07 Å². The largest absolute Gasteiger partial charge is 0.383 e. The minimum absolute atomic E-state index is 0.117. The van der Waals surface area contributed by atoms with E-state index in [1.54, 1.807) is 6.20 Å². The summed E-state index contributed by atoms with van der Waals surface area (Å²) in [6.07, 6.45) is 4.15. The maximum absolute atomic E-state index is 5.85. The van der Waals surface area contributed by atoms with E-state index in [1.165, 1.54) is 18.6 Å². The molecular weight excluding hydrogens is 208 g/mol. The number of hydrogen-bond donors (Lipinski definition) is 3. The molecule has 1 fully saturated rings. The fourth-order valence-electron chi connectivity index (χ4n) is 1.96. The molecule has 1 aromatic heterocycles. The molecule has 1 aliphatic heterocycles. The Balaban J connectivity index is 2.22. The molecule has 0 aromatic carbocycles. The summed E-state index contributed by atoms with van der Waals surface area (Å²) in [4.78, 5) is 4.09. The predicted octanol–water partition coefficient (Wildman–Crippen LogP) is 1.06. The quantitative estimate of drug-likeness (QED) is 0.529. The molecule has 2 rings (SSSR count). The molecule has 0 aliphatic carbocycles. The average molecular weight is 224 g/mol. The van der Waals surface area contributed by atoms with Gasteiger partial charge in [-0.2, -0.15) is 11.8 Å². The number of nitrogens with zero attached hydrogens (tertiary/aromatic N) is 1. The number of nitrogen functional groups attached to an aromatic ring is 1. The zero-order chi connectivity index (χ0) is 10.7. The van der Waals surface area contributed by atoms with Gasteiger partial charge in [-0.05, 0) is 24.7 Å². The van der Waals surface area contributed by atoms with Crippen LogP contribution in [0.2, 0.25) is 0 Å². The highest BCUT2D eigenvalue weighted by molar-refractivity contribution is 8.00. The van der Waals surface area contributed by atoms with E-state index in [9.17, 15) is 0 Å². The Morgan fingerprint density at radius 3 is 3.07 bits per heavy atom. The summed E-state index contributed by atoms with van der Waals surface area (Å²) in [7, 11) is 0. The van der Waals surface area contributed by atoms with Crippen molar-refractivity contribution in [2.24, 2.45) is 5.84 Å². The van der Waals surface area contributed by atoms with Crippen molar-refractivity contribution >= 4 is 17.6 Å². The van der Waals surface area contributed by atoms with Crippen LogP contribution >= 0.6 is 11.8 Å². The lowest BCUT2D eigenvalue weighted by atomic mass is 10.0. The molecule has 0 bridgehead atoms. The van der Waals surface area contributed by atoms with Crippen LogP contribution in [-0.2, 0) is 0 Å². The monoisotopic (exact) mass is 224 g/mol. The number of thioether (sulfide) groups is 1. The molecule has 4 nitrogen and oxygen atoms in total. The van der Waals surface area contributed by atoms with Crippen LogP contribution in [-0.4, -0.2) is 16.0 Å². The first-order valence-corrected chi connectivity index (χ1v) is 6.16. The van der Waals surface area contributed by atoms with Crippen LogP contribution in [0.15, 0.2) is 18.3 Å². The number of hydrazine groups is 1. The first-order valence-electron chi connectivity index (χ1n) is 5.11. The van der Waals surface area contributed by atoms with Crippen molar-refractivity contribution in [3.63, 3.8) is 0 Å². The van der Waals surface area contributed by atoms with Crippen LogP contribution in [0.5, 0.6) is 0 Å². The molecule has 1 aromatic rings. The highest BCUT2D eigenvalue weighted by Gasteiger charge is 2.27. The molecule has 0 amide bonds. The molecule has 0 saturated carbocycles. The summed E-state index contributed by atoms with van der Waals surface area (Å²) >= 11 is 1.95. The van der Waals surface area contributed by atoms with Gasteiger partial charge in [0.2, 0.25) is 0 Å². The normalized spacial score (nSPS) is 22.9. The summed E-state index contributed by atoms with van der Waals surface area (Å²) in [6.45, 7) is 0. The second kappa shape index (κ2) is 4.83. The molecule has 0 spiro atoms. The Hall–Kier alpha value is -0.780. The Bertz CT molecular complexity index is 325. The van der Waals surface area contributed by atoms with Gasteiger partial charge < -0.3 is 5.73 Å². The van der Waals surface area contributed by atoms with Crippen molar-refractivity contribution in [1.82, 2.24) is 10.4 Å². The van der Waals surface area contributed by atoms with E-state index in [0.717, 1.165) is 5.56 Å². The van der Waals surface area contributed by atoms with Gasteiger partial charge in [0.1, 0.15) is 5.82 Å². The third-order valence-electron chi connectivity index (χ3n) is 2.72. The molecule has 2 unspecified atom stereocenters. The maximum Gasteiger partial charge on any atom is 0.128 e. The molecule has 15 heavy (non-hydrogen) atoms.